The molecule has 0 saturated heterocycles. The number of nitrogens with zero attached hydrogens (tertiary/aromatic N) is 8. The molecule has 11 heteroatoms. The van der Waals surface area contributed by atoms with E-state index in [1.807, 2.05) is 18.2 Å². The van der Waals surface area contributed by atoms with E-state index in [2.05, 4.69) is 15.0 Å². The largest absolute Gasteiger partial charge is 0.416 e. The maximum Gasteiger partial charge on any atom is 0.416 e. The fraction of sp³-hybridized carbons (Fsp3) is 0.0370. The van der Waals surface area contributed by atoms with Crippen molar-refractivity contribution < 1.29 is 13.2 Å². The number of nitriles is 2. The first-order valence-corrected chi connectivity index (χ1v) is 11.2. The molecule has 0 saturated carbocycles. The van der Waals surface area contributed by atoms with Crippen LogP contribution in [0.1, 0.15) is 17.0 Å². The van der Waals surface area contributed by atoms with E-state index in [9.17, 15) is 23.7 Å². The van der Waals surface area contributed by atoms with Crippen molar-refractivity contribution in [2.45, 2.75) is 6.18 Å². The molecule has 0 spiro atoms. The van der Waals surface area contributed by atoms with Gasteiger partial charge in [-0.3, -0.25) is 9.80 Å². The fourth-order valence-electron chi connectivity index (χ4n) is 4.23. The molecule has 0 atom stereocenters. The molecule has 0 aliphatic carbocycles. The summed E-state index contributed by atoms with van der Waals surface area (Å²) in [6.45, 7) is 0. The molecule has 8 nitrogen and oxygen atoms in total. The van der Waals surface area contributed by atoms with Crippen LogP contribution in [-0.2, 0) is 6.18 Å². The van der Waals surface area contributed by atoms with Crippen molar-refractivity contribution in [3.63, 3.8) is 0 Å². The van der Waals surface area contributed by atoms with Gasteiger partial charge in [-0.1, -0.05) is 36.4 Å². The predicted octanol–water partition coefficient (Wildman–Crippen LogP) is 6.43. The SMILES string of the molecule is N#Cc1nc2c(nc1C#N)N(c1ccccc1)c1nc3cc(C(F)(F)F)ccc3nc1N2c1ccccc1. The molecule has 5 aromatic rings. The van der Waals surface area contributed by atoms with Crippen LogP contribution in [0, 0.1) is 22.7 Å². The number of alkyl halides is 3. The molecule has 0 fully saturated rings. The summed E-state index contributed by atoms with van der Waals surface area (Å²) >= 11 is 0. The molecule has 0 radical (unpaired) electrons. The Hall–Kier alpha value is -5.55. The number of aromatic nitrogens is 4. The van der Waals surface area contributed by atoms with Crippen LogP contribution in [0.4, 0.5) is 47.8 Å². The molecular weight excluding hydrogens is 493 g/mol. The summed E-state index contributed by atoms with van der Waals surface area (Å²) in [6, 6.07) is 24.8. The minimum absolute atomic E-state index is 0.0260. The van der Waals surface area contributed by atoms with Crippen LogP contribution >= 0.6 is 0 Å². The molecule has 2 aromatic heterocycles. The van der Waals surface area contributed by atoms with E-state index < -0.39 is 11.7 Å². The zero-order chi connectivity index (χ0) is 26.4. The second kappa shape index (κ2) is 8.54. The Balaban J connectivity index is 1.73. The molecule has 182 valence electrons. The highest BCUT2D eigenvalue weighted by atomic mass is 19.4. The van der Waals surface area contributed by atoms with Gasteiger partial charge in [0.2, 0.25) is 0 Å². The van der Waals surface area contributed by atoms with Crippen molar-refractivity contribution in [3.8, 4) is 12.1 Å². The molecule has 0 unspecified atom stereocenters. The van der Waals surface area contributed by atoms with Gasteiger partial charge < -0.3 is 0 Å². The Morgan fingerprint density at radius 2 is 1.03 bits per heavy atom. The van der Waals surface area contributed by atoms with E-state index in [-0.39, 0.29) is 45.7 Å². The third-order valence-electron chi connectivity index (χ3n) is 5.90. The zero-order valence-corrected chi connectivity index (χ0v) is 19.2. The Labute approximate surface area is 213 Å². The van der Waals surface area contributed by atoms with Crippen LogP contribution in [0.2, 0.25) is 0 Å². The van der Waals surface area contributed by atoms with Crippen molar-refractivity contribution in [3.05, 3.63) is 95.8 Å². The molecule has 38 heavy (non-hydrogen) atoms. The highest BCUT2D eigenvalue weighted by Crippen LogP contribution is 2.51. The van der Waals surface area contributed by atoms with Gasteiger partial charge in [-0.2, -0.15) is 23.7 Å². The normalized spacial score (nSPS) is 12.4. The van der Waals surface area contributed by atoms with E-state index in [4.69, 9.17) is 4.98 Å². The summed E-state index contributed by atoms with van der Waals surface area (Å²) in [7, 11) is 0. The minimum Gasteiger partial charge on any atom is -0.273 e. The first kappa shape index (κ1) is 22.9. The minimum atomic E-state index is -4.56. The van der Waals surface area contributed by atoms with E-state index in [0.717, 1.165) is 12.1 Å². The van der Waals surface area contributed by atoms with Gasteiger partial charge >= 0.3 is 6.18 Å². The van der Waals surface area contributed by atoms with Crippen molar-refractivity contribution in [2.75, 3.05) is 9.80 Å². The Morgan fingerprint density at radius 3 is 1.47 bits per heavy atom. The van der Waals surface area contributed by atoms with Crippen LogP contribution in [0.25, 0.3) is 11.0 Å². The molecule has 0 N–H and O–H groups in total. The molecule has 6 rings (SSSR count). The second-order valence-corrected chi connectivity index (χ2v) is 8.21. The monoisotopic (exact) mass is 506 g/mol. The maximum absolute atomic E-state index is 13.5. The third kappa shape index (κ3) is 3.62. The van der Waals surface area contributed by atoms with E-state index in [1.54, 1.807) is 64.4 Å². The summed E-state index contributed by atoms with van der Waals surface area (Å²) in [5.41, 5.74) is 0.197. The Bertz CT molecular complexity index is 1790. The topological polar surface area (TPSA) is 106 Å². The quantitative estimate of drug-likeness (QED) is 0.264. The highest BCUT2D eigenvalue weighted by Gasteiger charge is 2.37. The van der Waals surface area contributed by atoms with Gasteiger partial charge in [-0.05, 0) is 42.5 Å². The van der Waals surface area contributed by atoms with E-state index in [0.29, 0.717) is 11.4 Å². The van der Waals surface area contributed by atoms with Gasteiger partial charge in [-0.25, -0.2) is 19.9 Å². The molecule has 3 aromatic carbocycles. The first-order valence-electron chi connectivity index (χ1n) is 11.2. The molecule has 0 amide bonds. The summed E-state index contributed by atoms with van der Waals surface area (Å²) in [4.78, 5) is 21.5. The fourth-order valence-corrected chi connectivity index (χ4v) is 4.23. The van der Waals surface area contributed by atoms with Crippen molar-refractivity contribution in [1.82, 2.24) is 19.9 Å². The number of fused-ring (bicyclic) bond motifs is 3. The summed E-state index contributed by atoms with van der Waals surface area (Å²) in [5, 5.41) is 19.3. The van der Waals surface area contributed by atoms with Gasteiger partial charge in [-0.15, -0.1) is 0 Å². The molecule has 1 aliphatic rings. The van der Waals surface area contributed by atoms with Crippen LogP contribution in [0.15, 0.2) is 78.9 Å². The van der Waals surface area contributed by atoms with E-state index in [1.165, 1.54) is 6.07 Å². The standard InChI is InChI=1S/C27H13F3N8/c28-27(29,30)16-11-12-19-20(13-16)34-24-23(33-19)37(17-7-3-1-4-8-17)25-26(36-22(15-32)21(14-31)35-25)38(24)18-9-5-2-6-10-18/h1-13H. The van der Waals surface area contributed by atoms with Crippen LogP contribution < -0.4 is 9.80 Å². The van der Waals surface area contributed by atoms with Crippen molar-refractivity contribution >= 4 is 45.7 Å². The Kier molecular flexibility index (Phi) is 5.14. The average Bonchev–Trinajstić information content (AvgIpc) is 2.94. The van der Waals surface area contributed by atoms with Gasteiger partial charge in [0.25, 0.3) is 0 Å². The molecule has 1 aliphatic heterocycles. The smallest absolute Gasteiger partial charge is 0.273 e. The number of para-hydroxylation sites is 2. The highest BCUT2D eigenvalue weighted by molar-refractivity contribution is 5.98. The predicted molar refractivity (Wildman–Crippen MR) is 132 cm³/mol. The summed E-state index contributed by atoms with van der Waals surface area (Å²) in [5.74, 6) is 0.831. The summed E-state index contributed by atoms with van der Waals surface area (Å²) < 4.78 is 40.5. The number of benzene rings is 3. The number of hydrogen-bond acceptors (Lipinski definition) is 8. The second-order valence-electron chi connectivity index (χ2n) is 8.21. The van der Waals surface area contributed by atoms with Gasteiger partial charge in [0.15, 0.2) is 34.7 Å². The van der Waals surface area contributed by atoms with Crippen molar-refractivity contribution in [1.29, 1.82) is 10.5 Å². The lowest BCUT2D eigenvalue weighted by Crippen LogP contribution is -2.28. The Morgan fingerprint density at radius 1 is 0.579 bits per heavy atom. The number of halogens is 3. The van der Waals surface area contributed by atoms with E-state index >= 15 is 0 Å². The molecule has 0 bridgehead atoms. The van der Waals surface area contributed by atoms with Gasteiger partial charge in [0.1, 0.15) is 12.1 Å². The first-order chi connectivity index (χ1) is 18.4. The van der Waals surface area contributed by atoms with Gasteiger partial charge in [0, 0.05) is 11.4 Å². The van der Waals surface area contributed by atoms with Crippen LogP contribution in [0.5, 0.6) is 0 Å². The lowest BCUT2D eigenvalue weighted by Gasteiger charge is -2.36. The molecule has 3 heterocycles. The van der Waals surface area contributed by atoms with Gasteiger partial charge in [0.05, 0.1) is 16.6 Å². The number of rotatable bonds is 2. The average molecular weight is 506 g/mol. The van der Waals surface area contributed by atoms with Crippen molar-refractivity contribution in [2.24, 2.45) is 0 Å². The summed E-state index contributed by atoms with van der Waals surface area (Å²) in [6.07, 6.45) is -4.56. The van der Waals surface area contributed by atoms with Crippen LogP contribution in [-0.4, -0.2) is 19.9 Å². The number of anilines is 6. The third-order valence-corrected chi connectivity index (χ3v) is 5.90. The molecular formula is C27H13F3N8. The zero-order valence-electron chi connectivity index (χ0n) is 19.2. The lowest BCUT2D eigenvalue weighted by molar-refractivity contribution is -0.137. The lowest BCUT2D eigenvalue weighted by atomic mass is 10.1. The van der Waals surface area contributed by atoms with Crippen LogP contribution in [0.3, 0.4) is 0 Å². The number of hydrogen-bond donors (Lipinski definition) is 0. The maximum atomic E-state index is 13.5.